The van der Waals surface area contributed by atoms with Crippen LogP contribution in [0, 0.1) is 7.14 Å². The van der Waals surface area contributed by atoms with Crippen molar-refractivity contribution in [2.45, 2.75) is 11.8 Å². The topological polar surface area (TPSA) is 46.2 Å². The molecule has 1 aromatic carbocycles. The molecule has 0 spiro atoms. The molecular weight excluding hydrogens is 428 g/mol. The van der Waals surface area contributed by atoms with Crippen molar-refractivity contribution in [3.05, 3.63) is 25.3 Å². The molecule has 0 fully saturated rings. The molecule has 0 aliphatic rings. The maximum atomic E-state index is 11.6. The van der Waals surface area contributed by atoms with Crippen LogP contribution in [0.2, 0.25) is 0 Å². The largest absolute Gasteiger partial charge is 0.240 e. The minimum absolute atomic E-state index is 0.329. The van der Waals surface area contributed by atoms with Gasteiger partial charge in [-0.05, 0) is 63.4 Å². The smallest absolute Gasteiger partial charge is 0.211 e. The van der Waals surface area contributed by atoms with Gasteiger partial charge in [-0.3, -0.25) is 0 Å². The number of hydrogen-bond donors (Lipinski definition) is 1. The zero-order valence-corrected chi connectivity index (χ0v) is 12.6. The van der Waals surface area contributed by atoms with Crippen LogP contribution >= 0.6 is 45.2 Å². The zero-order valence-electron chi connectivity index (χ0n) is 7.42. The summed E-state index contributed by atoms with van der Waals surface area (Å²) in [5, 5.41) is 0. The van der Waals surface area contributed by atoms with Crippen LogP contribution < -0.4 is 4.72 Å². The Hall–Kier alpha value is 0.590. The van der Waals surface area contributed by atoms with Crippen LogP contribution in [0.25, 0.3) is 0 Å². The molecule has 0 saturated heterocycles. The highest BCUT2D eigenvalue weighted by molar-refractivity contribution is 14.1. The summed E-state index contributed by atoms with van der Waals surface area (Å²) in [6.45, 7) is 2.17. The number of hydrogen-bond acceptors (Lipinski definition) is 2. The molecule has 1 aromatic rings. The standard InChI is InChI=1S/C8H9I2NO2S/c1-2-11-14(12,13)8-4-6(9)3-7(10)5-8/h3-5,11H,2H2,1H3. The fourth-order valence-electron chi connectivity index (χ4n) is 0.957. The van der Waals surface area contributed by atoms with Gasteiger partial charge in [0.05, 0.1) is 4.90 Å². The molecule has 0 heterocycles. The van der Waals surface area contributed by atoms with Gasteiger partial charge in [0, 0.05) is 13.7 Å². The highest BCUT2D eigenvalue weighted by Gasteiger charge is 2.13. The molecule has 0 amide bonds. The van der Waals surface area contributed by atoms with Gasteiger partial charge in [-0.15, -0.1) is 0 Å². The summed E-state index contributed by atoms with van der Waals surface area (Å²) in [4.78, 5) is 0.329. The molecule has 0 aromatic heterocycles. The Balaban J connectivity index is 3.19. The van der Waals surface area contributed by atoms with E-state index in [0.717, 1.165) is 7.14 Å². The minimum Gasteiger partial charge on any atom is -0.211 e. The van der Waals surface area contributed by atoms with E-state index in [1.54, 1.807) is 19.1 Å². The van der Waals surface area contributed by atoms with Gasteiger partial charge < -0.3 is 0 Å². The van der Waals surface area contributed by atoms with Crippen molar-refractivity contribution in [3.8, 4) is 0 Å². The van der Waals surface area contributed by atoms with Crippen LogP contribution in [0.5, 0.6) is 0 Å². The first-order chi connectivity index (χ1) is 6.45. The van der Waals surface area contributed by atoms with Gasteiger partial charge in [-0.2, -0.15) is 0 Å². The Morgan fingerprint density at radius 2 is 1.71 bits per heavy atom. The molecule has 0 saturated carbocycles. The summed E-state index contributed by atoms with van der Waals surface area (Å²) in [6, 6.07) is 5.23. The van der Waals surface area contributed by atoms with E-state index in [0.29, 0.717) is 11.4 Å². The number of halogens is 2. The van der Waals surface area contributed by atoms with Crippen molar-refractivity contribution in [1.29, 1.82) is 0 Å². The lowest BCUT2D eigenvalue weighted by atomic mass is 10.4. The molecule has 1 N–H and O–H groups in total. The molecule has 0 unspecified atom stereocenters. The van der Waals surface area contributed by atoms with E-state index in [-0.39, 0.29) is 0 Å². The third-order valence-corrected chi connectivity index (χ3v) is 4.25. The lowest BCUT2D eigenvalue weighted by molar-refractivity contribution is 0.584. The van der Waals surface area contributed by atoms with Crippen LogP contribution in [0.1, 0.15) is 6.92 Å². The van der Waals surface area contributed by atoms with Gasteiger partial charge in [-0.25, -0.2) is 13.1 Å². The molecule has 0 aliphatic carbocycles. The molecular formula is C8H9I2NO2S. The lowest BCUT2D eigenvalue weighted by Gasteiger charge is -2.05. The normalized spacial score (nSPS) is 11.6. The molecule has 78 valence electrons. The summed E-state index contributed by atoms with van der Waals surface area (Å²) >= 11 is 4.20. The third kappa shape index (κ3) is 3.31. The quantitative estimate of drug-likeness (QED) is 0.738. The molecule has 0 atom stereocenters. The summed E-state index contributed by atoms with van der Waals surface area (Å²) in [5.74, 6) is 0. The lowest BCUT2D eigenvalue weighted by Crippen LogP contribution is -2.23. The fraction of sp³-hybridized carbons (Fsp3) is 0.250. The first-order valence-electron chi connectivity index (χ1n) is 3.91. The van der Waals surface area contributed by atoms with Crippen LogP contribution in [-0.2, 0) is 10.0 Å². The highest BCUT2D eigenvalue weighted by atomic mass is 127. The number of nitrogens with one attached hydrogen (secondary N) is 1. The van der Waals surface area contributed by atoms with E-state index in [1.807, 2.05) is 6.07 Å². The minimum atomic E-state index is -3.31. The van der Waals surface area contributed by atoms with E-state index in [2.05, 4.69) is 49.9 Å². The summed E-state index contributed by atoms with van der Waals surface area (Å²) in [6.07, 6.45) is 0. The number of rotatable bonds is 3. The number of sulfonamides is 1. The summed E-state index contributed by atoms with van der Waals surface area (Å²) in [7, 11) is -3.31. The van der Waals surface area contributed by atoms with Gasteiger partial charge in [0.15, 0.2) is 0 Å². The van der Waals surface area contributed by atoms with Crippen LogP contribution in [0.3, 0.4) is 0 Å². The monoisotopic (exact) mass is 437 g/mol. The Bertz CT molecular complexity index is 411. The van der Waals surface area contributed by atoms with Gasteiger partial charge >= 0.3 is 0 Å². The molecule has 0 aliphatic heterocycles. The van der Waals surface area contributed by atoms with Crippen LogP contribution in [0.4, 0.5) is 0 Å². The summed E-state index contributed by atoms with van der Waals surface area (Å²) in [5.41, 5.74) is 0. The first-order valence-corrected chi connectivity index (χ1v) is 7.55. The predicted octanol–water partition coefficient (Wildman–Crippen LogP) is 2.19. The Labute approximate surface area is 111 Å². The van der Waals surface area contributed by atoms with Crippen molar-refractivity contribution in [3.63, 3.8) is 0 Å². The molecule has 3 nitrogen and oxygen atoms in total. The zero-order chi connectivity index (χ0) is 10.8. The molecule has 6 heteroatoms. The van der Waals surface area contributed by atoms with Crippen molar-refractivity contribution in [1.82, 2.24) is 4.72 Å². The Morgan fingerprint density at radius 1 is 1.21 bits per heavy atom. The average molecular weight is 437 g/mol. The Morgan fingerprint density at radius 3 is 2.14 bits per heavy atom. The fourth-order valence-corrected chi connectivity index (χ4v) is 4.43. The van der Waals surface area contributed by atoms with Gasteiger partial charge in [0.25, 0.3) is 0 Å². The van der Waals surface area contributed by atoms with E-state index in [9.17, 15) is 8.42 Å². The van der Waals surface area contributed by atoms with Gasteiger partial charge in [-0.1, -0.05) is 6.92 Å². The van der Waals surface area contributed by atoms with E-state index >= 15 is 0 Å². The SMILES string of the molecule is CCNS(=O)(=O)c1cc(I)cc(I)c1. The maximum Gasteiger partial charge on any atom is 0.240 e. The Kier molecular flexibility index (Phi) is 4.59. The van der Waals surface area contributed by atoms with E-state index in [1.165, 1.54) is 0 Å². The van der Waals surface area contributed by atoms with Crippen LogP contribution in [0.15, 0.2) is 23.1 Å². The molecule has 0 bridgehead atoms. The van der Waals surface area contributed by atoms with E-state index < -0.39 is 10.0 Å². The second-order valence-corrected chi connectivity index (χ2v) is 6.86. The first kappa shape index (κ1) is 12.7. The third-order valence-electron chi connectivity index (χ3n) is 1.48. The maximum absolute atomic E-state index is 11.6. The average Bonchev–Trinajstić information content (AvgIpc) is 2.02. The van der Waals surface area contributed by atoms with Crippen molar-refractivity contribution in [2.24, 2.45) is 0 Å². The van der Waals surface area contributed by atoms with Crippen molar-refractivity contribution >= 4 is 55.2 Å². The van der Waals surface area contributed by atoms with Crippen LogP contribution in [-0.4, -0.2) is 15.0 Å². The predicted molar refractivity (Wildman–Crippen MR) is 72.7 cm³/mol. The van der Waals surface area contributed by atoms with Crippen molar-refractivity contribution in [2.75, 3.05) is 6.54 Å². The molecule has 0 radical (unpaired) electrons. The van der Waals surface area contributed by atoms with Gasteiger partial charge in [0.1, 0.15) is 0 Å². The van der Waals surface area contributed by atoms with Gasteiger partial charge in [0.2, 0.25) is 10.0 Å². The molecule has 14 heavy (non-hydrogen) atoms. The molecule has 1 rings (SSSR count). The van der Waals surface area contributed by atoms with Crippen molar-refractivity contribution < 1.29 is 8.42 Å². The van der Waals surface area contributed by atoms with E-state index in [4.69, 9.17) is 0 Å². The second-order valence-electron chi connectivity index (χ2n) is 2.61. The number of benzene rings is 1. The highest BCUT2D eigenvalue weighted by Crippen LogP contribution is 2.17. The second kappa shape index (κ2) is 5.08. The summed E-state index contributed by atoms with van der Waals surface area (Å²) < 4.78 is 27.5.